The smallest absolute Gasteiger partial charge is 0.251 e. The van der Waals surface area contributed by atoms with Gasteiger partial charge in [-0.15, -0.1) is 0 Å². The standard InChI is InChI=1S/C25H26N4O3/c30-24(27-15-18-1-6-23-26-10-13-29(23)16-18)21-4-2-19(3-5-21)20-7-11-28(12-8-20)25(31)22-9-14-32-17-22/h1-7,10,13,16,22H,8-9,11-12,14-15,17H2,(H,27,30). The van der Waals surface area contributed by atoms with Crippen LogP contribution in [0.15, 0.2) is 61.1 Å². The maximum Gasteiger partial charge on any atom is 0.251 e. The average molecular weight is 431 g/mol. The number of fused-ring (bicyclic) bond motifs is 1. The molecule has 0 radical (unpaired) electrons. The minimum Gasteiger partial charge on any atom is -0.381 e. The molecular weight excluding hydrogens is 404 g/mol. The number of benzene rings is 1. The van der Waals surface area contributed by atoms with Crippen molar-refractivity contribution in [3.63, 3.8) is 0 Å². The second-order valence-corrected chi connectivity index (χ2v) is 8.31. The largest absolute Gasteiger partial charge is 0.381 e. The molecule has 0 saturated carbocycles. The van der Waals surface area contributed by atoms with Gasteiger partial charge in [-0.25, -0.2) is 4.98 Å². The van der Waals surface area contributed by atoms with Crippen molar-refractivity contribution in [2.24, 2.45) is 5.92 Å². The number of ether oxygens (including phenoxy) is 1. The van der Waals surface area contributed by atoms with Crippen LogP contribution in [-0.4, -0.2) is 52.4 Å². The average Bonchev–Trinajstić information content (AvgIpc) is 3.54. The number of amides is 2. The molecule has 2 aliphatic rings. The molecule has 2 aromatic heterocycles. The number of nitrogens with one attached hydrogen (secondary N) is 1. The lowest BCUT2D eigenvalue weighted by Gasteiger charge is -2.28. The highest BCUT2D eigenvalue weighted by atomic mass is 16.5. The molecule has 164 valence electrons. The van der Waals surface area contributed by atoms with Gasteiger partial charge < -0.3 is 19.4 Å². The van der Waals surface area contributed by atoms with E-state index < -0.39 is 0 Å². The molecular formula is C25H26N4O3. The van der Waals surface area contributed by atoms with Crippen LogP contribution in [0.3, 0.4) is 0 Å². The Bertz CT molecular complexity index is 1160. The predicted octanol–water partition coefficient (Wildman–Crippen LogP) is 2.92. The van der Waals surface area contributed by atoms with Crippen molar-refractivity contribution in [1.82, 2.24) is 19.6 Å². The minimum absolute atomic E-state index is 0.0182. The summed E-state index contributed by atoms with van der Waals surface area (Å²) in [6.45, 7) is 3.05. The quantitative estimate of drug-likeness (QED) is 0.675. The molecule has 7 heteroatoms. The van der Waals surface area contributed by atoms with Crippen LogP contribution in [0, 0.1) is 5.92 Å². The first-order valence-electron chi connectivity index (χ1n) is 11.0. The third-order valence-corrected chi connectivity index (χ3v) is 6.22. The summed E-state index contributed by atoms with van der Waals surface area (Å²) < 4.78 is 7.28. The Labute approximate surface area is 186 Å². The van der Waals surface area contributed by atoms with E-state index in [1.54, 1.807) is 6.20 Å². The molecule has 5 rings (SSSR count). The van der Waals surface area contributed by atoms with Gasteiger partial charge in [0.15, 0.2) is 0 Å². The third-order valence-electron chi connectivity index (χ3n) is 6.22. The maximum atomic E-state index is 12.6. The number of rotatable bonds is 5. The van der Waals surface area contributed by atoms with Crippen molar-refractivity contribution in [3.05, 3.63) is 77.8 Å². The molecule has 3 aromatic rings. The first kappa shape index (κ1) is 20.5. The Balaban J connectivity index is 1.17. The Kier molecular flexibility index (Phi) is 5.73. The second kappa shape index (κ2) is 8.96. The lowest BCUT2D eigenvalue weighted by atomic mass is 9.97. The fraction of sp³-hybridized carbons (Fsp3) is 0.320. The number of hydrogen-bond donors (Lipinski definition) is 1. The van der Waals surface area contributed by atoms with Crippen LogP contribution in [0.4, 0.5) is 0 Å². The summed E-state index contributed by atoms with van der Waals surface area (Å²) in [6.07, 6.45) is 9.38. The third kappa shape index (κ3) is 4.29. The van der Waals surface area contributed by atoms with E-state index in [4.69, 9.17) is 4.74 Å². The van der Waals surface area contributed by atoms with Crippen molar-refractivity contribution in [1.29, 1.82) is 0 Å². The highest BCUT2D eigenvalue weighted by molar-refractivity contribution is 5.94. The zero-order valence-corrected chi connectivity index (χ0v) is 17.9. The monoisotopic (exact) mass is 430 g/mol. The van der Waals surface area contributed by atoms with Gasteiger partial charge in [-0.05, 0) is 47.7 Å². The summed E-state index contributed by atoms with van der Waals surface area (Å²) >= 11 is 0. The molecule has 32 heavy (non-hydrogen) atoms. The van der Waals surface area contributed by atoms with Crippen LogP contribution in [0.25, 0.3) is 11.2 Å². The number of imidazole rings is 1. The number of carbonyl (C=O) groups excluding carboxylic acids is 2. The summed E-state index contributed by atoms with van der Waals surface area (Å²) in [5, 5.41) is 2.97. The van der Waals surface area contributed by atoms with Gasteiger partial charge in [0, 0.05) is 50.4 Å². The van der Waals surface area contributed by atoms with Crippen molar-refractivity contribution in [2.45, 2.75) is 19.4 Å². The number of hydrogen-bond acceptors (Lipinski definition) is 4. The van der Waals surface area contributed by atoms with Gasteiger partial charge >= 0.3 is 0 Å². The SMILES string of the molecule is O=C(NCc1ccc2nccn2c1)c1ccc(C2=CCN(C(=O)C3CCOC3)CC2)cc1. The van der Waals surface area contributed by atoms with Crippen LogP contribution in [0.5, 0.6) is 0 Å². The maximum absolute atomic E-state index is 12.6. The van der Waals surface area contributed by atoms with E-state index in [1.165, 1.54) is 5.57 Å². The Morgan fingerprint density at radius 2 is 2.03 bits per heavy atom. The van der Waals surface area contributed by atoms with E-state index in [2.05, 4.69) is 16.4 Å². The number of nitrogens with zero attached hydrogens (tertiary/aromatic N) is 3. The van der Waals surface area contributed by atoms with Gasteiger partial charge in [0.2, 0.25) is 5.91 Å². The molecule has 1 saturated heterocycles. The topological polar surface area (TPSA) is 75.9 Å². The fourth-order valence-corrected chi connectivity index (χ4v) is 4.31. The van der Waals surface area contributed by atoms with E-state index in [0.717, 1.165) is 36.2 Å². The highest BCUT2D eigenvalue weighted by Gasteiger charge is 2.28. The van der Waals surface area contributed by atoms with Crippen LogP contribution in [-0.2, 0) is 16.1 Å². The van der Waals surface area contributed by atoms with E-state index in [-0.39, 0.29) is 17.7 Å². The van der Waals surface area contributed by atoms with Gasteiger partial charge in [-0.2, -0.15) is 0 Å². The molecule has 0 spiro atoms. The number of carbonyl (C=O) groups is 2. The first-order valence-corrected chi connectivity index (χ1v) is 11.0. The molecule has 1 atom stereocenters. The Hall–Kier alpha value is -3.45. The molecule has 4 heterocycles. The molecule has 7 nitrogen and oxygen atoms in total. The molecule has 1 aromatic carbocycles. The van der Waals surface area contributed by atoms with Crippen molar-refractivity contribution in [2.75, 3.05) is 26.3 Å². The lowest BCUT2D eigenvalue weighted by molar-refractivity contribution is -0.135. The van der Waals surface area contributed by atoms with Gasteiger partial charge in [0.1, 0.15) is 5.65 Å². The van der Waals surface area contributed by atoms with Gasteiger partial charge in [-0.1, -0.05) is 24.3 Å². The molecule has 0 bridgehead atoms. The number of pyridine rings is 1. The first-order chi connectivity index (χ1) is 15.7. The molecule has 2 amide bonds. The van der Waals surface area contributed by atoms with E-state index >= 15 is 0 Å². The lowest BCUT2D eigenvalue weighted by Crippen LogP contribution is -2.39. The van der Waals surface area contributed by atoms with Crippen LogP contribution >= 0.6 is 0 Å². The van der Waals surface area contributed by atoms with Gasteiger partial charge in [0.25, 0.3) is 5.91 Å². The molecule has 1 fully saturated rings. The van der Waals surface area contributed by atoms with Crippen LogP contribution < -0.4 is 5.32 Å². The van der Waals surface area contributed by atoms with E-state index in [0.29, 0.717) is 31.9 Å². The summed E-state index contributed by atoms with van der Waals surface area (Å²) in [6, 6.07) is 11.6. The second-order valence-electron chi connectivity index (χ2n) is 8.31. The molecule has 1 N–H and O–H groups in total. The van der Waals surface area contributed by atoms with Crippen molar-refractivity contribution >= 4 is 23.0 Å². The summed E-state index contributed by atoms with van der Waals surface area (Å²) in [7, 11) is 0. The molecule has 0 aliphatic carbocycles. The van der Waals surface area contributed by atoms with E-state index in [1.807, 2.05) is 58.1 Å². The van der Waals surface area contributed by atoms with Gasteiger partial charge in [-0.3, -0.25) is 9.59 Å². The van der Waals surface area contributed by atoms with E-state index in [9.17, 15) is 9.59 Å². The number of aromatic nitrogens is 2. The van der Waals surface area contributed by atoms with Crippen molar-refractivity contribution in [3.8, 4) is 0 Å². The highest BCUT2D eigenvalue weighted by Crippen LogP contribution is 2.25. The van der Waals surface area contributed by atoms with Crippen LogP contribution in [0.2, 0.25) is 0 Å². The minimum atomic E-state index is -0.101. The zero-order chi connectivity index (χ0) is 21.9. The zero-order valence-electron chi connectivity index (χ0n) is 17.9. The summed E-state index contributed by atoms with van der Waals surface area (Å²) in [5.41, 5.74) is 4.84. The van der Waals surface area contributed by atoms with Crippen molar-refractivity contribution < 1.29 is 14.3 Å². The van der Waals surface area contributed by atoms with Crippen LogP contribution in [0.1, 0.15) is 34.3 Å². The fourth-order valence-electron chi connectivity index (χ4n) is 4.31. The normalized spacial score (nSPS) is 18.6. The van der Waals surface area contributed by atoms with Gasteiger partial charge in [0.05, 0.1) is 12.5 Å². The molecule has 1 unspecified atom stereocenters. The predicted molar refractivity (Wildman–Crippen MR) is 121 cm³/mol. The Morgan fingerprint density at radius 1 is 1.16 bits per heavy atom. The Morgan fingerprint density at radius 3 is 2.78 bits per heavy atom. The summed E-state index contributed by atoms with van der Waals surface area (Å²) in [4.78, 5) is 31.3. The molecule has 2 aliphatic heterocycles. The summed E-state index contributed by atoms with van der Waals surface area (Å²) in [5.74, 6) is 0.122.